The lowest BCUT2D eigenvalue weighted by molar-refractivity contribution is -0.384. The molecule has 0 aromatic heterocycles. The Labute approximate surface area is 133 Å². The second-order valence-electron chi connectivity index (χ2n) is 4.76. The van der Waals surface area contributed by atoms with Gasteiger partial charge in [0.1, 0.15) is 0 Å². The number of aryl methyl sites for hydroxylation is 1. The molecule has 0 heterocycles. The van der Waals surface area contributed by atoms with Crippen LogP contribution in [0.4, 0.5) is 5.69 Å². The first kappa shape index (κ1) is 16.4. The highest BCUT2D eigenvalue weighted by Gasteiger charge is 2.21. The summed E-state index contributed by atoms with van der Waals surface area (Å²) in [5.41, 5.74) is 1.21. The van der Waals surface area contributed by atoms with Crippen LogP contribution in [0.2, 0.25) is 0 Å². The fourth-order valence-corrected chi connectivity index (χ4v) is 2.99. The van der Waals surface area contributed by atoms with E-state index >= 15 is 0 Å². The van der Waals surface area contributed by atoms with E-state index in [9.17, 15) is 18.5 Å². The summed E-state index contributed by atoms with van der Waals surface area (Å²) in [5.74, 6) is 0. The minimum Gasteiger partial charge on any atom is -0.258 e. The van der Waals surface area contributed by atoms with Crippen LogP contribution in [0.25, 0.3) is 10.9 Å². The van der Waals surface area contributed by atoms with Crippen molar-refractivity contribution in [2.24, 2.45) is 0 Å². The van der Waals surface area contributed by atoms with Gasteiger partial charge in [-0.05, 0) is 42.8 Å². The fraction of sp³-hybridized carbons (Fsp3) is 0.0625. The van der Waals surface area contributed by atoms with Gasteiger partial charge in [-0.15, -0.1) is 0 Å². The summed E-state index contributed by atoms with van der Waals surface area (Å²) in [5, 5.41) is 10.2. The van der Waals surface area contributed by atoms with Crippen molar-refractivity contribution in [2.45, 2.75) is 11.8 Å². The van der Waals surface area contributed by atoms with Gasteiger partial charge in [0.25, 0.3) is 10.7 Å². The third-order valence-electron chi connectivity index (χ3n) is 3.11. The van der Waals surface area contributed by atoms with Gasteiger partial charge in [-0.3, -0.25) is 10.1 Å². The van der Waals surface area contributed by atoms with Crippen molar-refractivity contribution in [2.75, 3.05) is 0 Å². The number of hydrogen-bond donors (Lipinski definition) is 0. The molecule has 0 aliphatic carbocycles. The van der Waals surface area contributed by atoms with Gasteiger partial charge in [0.15, 0.2) is 0 Å². The highest BCUT2D eigenvalue weighted by molar-refractivity contribution is 7.95. The Morgan fingerprint density at radius 1 is 1.13 bits per heavy atom. The quantitative estimate of drug-likeness (QED) is 0.488. The zero-order valence-corrected chi connectivity index (χ0v) is 12.9. The molecule has 2 aromatic rings. The number of rotatable bonds is 4. The van der Waals surface area contributed by atoms with Crippen LogP contribution < -0.4 is 0 Å². The monoisotopic (exact) mass is 328 g/mol. The van der Waals surface area contributed by atoms with Gasteiger partial charge in [-0.25, -0.2) is 13.3 Å². The molecule has 0 amide bonds. The predicted octanol–water partition coefficient (Wildman–Crippen LogP) is 3.59. The molecule has 0 saturated heterocycles. The SMILES string of the molecule is [C-]#[N+]/C(=C/c1ccc([N+](=O)[O-])cc1)S(=O)(=O)c1ccc(C)cc1. The lowest BCUT2D eigenvalue weighted by Gasteiger charge is -2.03. The molecular formula is C16H12N2O4S. The summed E-state index contributed by atoms with van der Waals surface area (Å²) < 4.78 is 24.9. The van der Waals surface area contributed by atoms with E-state index in [2.05, 4.69) is 4.85 Å². The van der Waals surface area contributed by atoms with E-state index in [0.29, 0.717) is 5.56 Å². The Balaban J connectivity index is 2.44. The van der Waals surface area contributed by atoms with Gasteiger partial charge >= 0.3 is 0 Å². The van der Waals surface area contributed by atoms with Crippen LogP contribution in [0.15, 0.2) is 58.5 Å². The molecule has 7 heteroatoms. The van der Waals surface area contributed by atoms with Crippen molar-refractivity contribution < 1.29 is 13.3 Å². The third kappa shape index (κ3) is 3.62. The first-order chi connectivity index (χ1) is 10.8. The topological polar surface area (TPSA) is 81.6 Å². The van der Waals surface area contributed by atoms with Crippen LogP contribution in [0.5, 0.6) is 0 Å². The van der Waals surface area contributed by atoms with E-state index in [4.69, 9.17) is 6.57 Å². The molecule has 0 unspecified atom stereocenters. The Morgan fingerprint density at radius 3 is 2.17 bits per heavy atom. The predicted molar refractivity (Wildman–Crippen MR) is 86.0 cm³/mol. The van der Waals surface area contributed by atoms with Crippen LogP contribution in [0.1, 0.15) is 11.1 Å². The van der Waals surface area contributed by atoms with Crippen molar-refractivity contribution >= 4 is 21.6 Å². The van der Waals surface area contributed by atoms with Crippen LogP contribution >= 0.6 is 0 Å². The molecule has 0 spiro atoms. The Bertz CT molecular complexity index is 906. The number of non-ortho nitro benzene ring substituents is 1. The molecule has 6 nitrogen and oxygen atoms in total. The van der Waals surface area contributed by atoms with Gasteiger partial charge in [0.05, 0.1) is 16.4 Å². The zero-order valence-electron chi connectivity index (χ0n) is 12.1. The van der Waals surface area contributed by atoms with Crippen molar-refractivity contribution in [1.82, 2.24) is 0 Å². The molecular weight excluding hydrogens is 316 g/mol. The lowest BCUT2D eigenvalue weighted by atomic mass is 10.2. The van der Waals surface area contributed by atoms with Crippen molar-refractivity contribution in [3.05, 3.63) is 86.2 Å². The number of sulfone groups is 1. The number of nitrogens with zero attached hydrogens (tertiary/aromatic N) is 2. The number of hydrogen-bond acceptors (Lipinski definition) is 4. The summed E-state index contributed by atoms with van der Waals surface area (Å²) in [4.78, 5) is 13.2. The summed E-state index contributed by atoms with van der Waals surface area (Å²) in [7, 11) is -3.92. The van der Waals surface area contributed by atoms with E-state index in [1.165, 1.54) is 42.5 Å². The van der Waals surface area contributed by atoms with E-state index < -0.39 is 19.8 Å². The number of benzene rings is 2. The van der Waals surface area contributed by atoms with Gasteiger partial charge in [0, 0.05) is 12.1 Å². The average molecular weight is 328 g/mol. The molecule has 0 fully saturated rings. The van der Waals surface area contributed by atoms with Crippen LogP contribution in [-0.4, -0.2) is 13.3 Å². The molecule has 0 N–H and O–H groups in total. The second kappa shape index (κ2) is 6.42. The maximum absolute atomic E-state index is 12.5. The van der Waals surface area contributed by atoms with Gasteiger partial charge in [0.2, 0.25) is 9.84 Å². The second-order valence-corrected chi connectivity index (χ2v) is 6.66. The number of nitro groups is 1. The Kier molecular flexibility index (Phi) is 4.57. The lowest BCUT2D eigenvalue weighted by Crippen LogP contribution is -2.02. The fourth-order valence-electron chi connectivity index (χ4n) is 1.84. The molecule has 2 rings (SSSR count). The maximum Gasteiger partial charge on any atom is 0.283 e. The molecule has 23 heavy (non-hydrogen) atoms. The first-order valence-electron chi connectivity index (χ1n) is 6.50. The number of nitro benzene ring substituents is 1. The largest absolute Gasteiger partial charge is 0.283 e. The molecule has 2 aromatic carbocycles. The van der Waals surface area contributed by atoms with Crippen LogP contribution in [-0.2, 0) is 9.84 Å². The molecule has 0 atom stereocenters. The van der Waals surface area contributed by atoms with E-state index in [1.54, 1.807) is 12.1 Å². The Morgan fingerprint density at radius 2 is 1.70 bits per heavy atom. The summed E-state index contributed by atoms with van der Waals surface area (Å²) in [6, 6.07) is 11.5. The minimum atomic E-state index is -3.92. The Hall–Kier alpha value is -2.98. The molecule has 0 radical (unpaired) electrons. The van der Waals surface area contributed by atoms with E-state index in [1.807, 2.05) is 6.92 Å². The van der Waals surface area contributed by atoms with Crippen LogP contribution in [0.3, 0.4) is 0 Å². The van der Waals surface area contributed by atoms with Gasteiger partial charge < -0.3 is 0 Å². The highest BCUT2D eigenvalue weighted by atomic mass is 32.2. The summed E-state index contributed by atoms with van der Waals surface area (Å²) >= 11 is 0. The normalized spacial score (nSPS) is 11.7. The minimum absolute atomic E-state index is 0.0345. The van der Waals surface area contributed by atoms with Gasteiger partial charge in [-0.1, -0.05) is 17.7 Å². The highest BCUT2D eigenvalue weighted by Crippen LogP contribution is 2.23. The summed E-state index contributed by atoms with van der Waals surface area (Å²) in [6.45, 7) is 8.97. The standard InChI is InChI=1S/C16H12N2O4S/c1-12-3-9-15(10-4-12)23(21,22)16(17-2)11-13-5-7-14(8-6-13)18(19)20/h3-11H,1H3/b16-11-. The van der Waals surface area contributed by atoms with Gasteiger partial charge in [-0.2, -0.15) is 0 Å². The van der Waals surface area contributed by atoms with Crippen molar-refractivity contribution in [1.29, 1.82) is 0 Å². The van der Waals surface area contributed by atoms with E-state index in [-0.39, 0.29) is 10.6 Å². The van der Waals surface area contributed by atoms with E-state index in [0.717, 1.165) is 5.56 Å². The zero-order chi connectivity index (χ0) is 17.0. The molecule has 0 aliphatic heterocycles. The molecule has 116 valence electrons. The smallest absolute Gasteiger partial charge is 0.258 e. The van der Waals surface area contributed by atoms with Crippen LogP contribution in [0, 0.1) is 23.6 Å². The molecule has 0 saturated carbocycles. The van der Waals surface area contributed by atoms with Crippen molar-refractivity contribution in [3.8, 4) is 0 Å². The summed E-state index contributed by atoms with van der Waals surface area (Å²) in [6.07, 6.45) is 1.20. The third-order valence-corrected chi connectivity index (χ3v) is 4.76. The molecule has 0 aliphatic rings. The van der Waals surface area contributed by atoms with Crippen molar-refractivity contribution in [3.63, 3.8) is 0 Å². The average Bonchev–Trinajstić information content (AvgIpc) is 2.53. The molecule has 0 bridgehead atoms. The maximum atomic E-state index is 12.5. The first-order valence-corrected chi connectivity index (χ1v) is 7.98.